The van der Waals surface area contributed by atoms with Gasteiger partial charge in [-0.1, -0.05) is 197 Å². The molecule has 61 heavy (non-hydrogen) atoms. The fourth-order valence-corrected chi connectivity index (χ4v) is 7.34. The van der Waals surface area contributed by atoms with Crippen molar-refractivity contribution in [2.24, 2.45) is 0 Å². The molecule has 0 aromatic heterocycles. The van der Waals surface area contributed by atoms with Crippen molar-refractivity contribution < 1.29 is 47.8 Å². The molecule has 0 saturated carbocycles. The summed E-state index contributed by atoms with van der Waals surface area (Å²) in [5.41, 5.74) is 0. The second-order valence-electron chi connectivity index (χ2n) is 16.1. The van der Waals surface area contributed by atoms with Crippen LogP contribution >= 0.6 is 7.82 Å². The SMILES string of the molecule is CC/C=C\C/C=C\C/C=C\C/C=C\C/C=C\CCCCCC(=O)OC(CO)COP(=O)(O)OCC(CO)OC(=O)CCCCCCCCCCCCCCCCCCCCC. The minimum atomic E-state index is -4.65. The average molecular weight is 881 g/mol. The van der Waals surface area contributed by atoms with Crippen LogP contribution in [0.2, 0.25) is 0 Å². The Morgan fingerprint density at radius 1 is 0.459 bits per heavy atom. The van der Waals surface area contributed by atoms with Gasteiger partial charge in [0, 0.05) is 12.8 Å². The molecule has 0 aliphatic heterocycles. The molecule has 0 saturated heterocycles. The second-order valence-corrected chi connectivity index (χ2v) is 17.5. The third kappa shape index (κ3) is 44.1. The fraction of sp³-hybridized carbons (Fsp3) is 0.760. The smallest absolute Gasteiger partial charge is 0.457 e. The first kappa shape index (κ1) is 58.7. The van der Waals surface area contributed by atoms with Gasteiger partial charge in [0.2, 0.25) is 0 Å². The van der Waals surface area contributed by atoms with Crippen molar-refractivity contribution in [1.82, 2.24) is 0 Å². The van der Waals surface area contributed by atoms with Crippen LogP contribution in [0, 0.1) is 0 Å². The molecule has 11 heteroatoms. The number of phosphoric acid groups is 1. The fourth-order valence-electron chi connectivity index (χ4n) is 6.55. The van der Waals surface area contributed by atoms with Gasteiger partial charge in [0.1, 0.15) is 12.2 Å². The first-order chi connectivity index (χ1) is 29.8. The largest absolute Gasteiger partial charge is 0.472 e. The molecule has 0 fully saturated rings. The van der Waals surface area contributed by atoms with Crippen molar-refractivity contribution in [3.05, 3.63) is 60.8 Å². The predicted molar refractivity (Wildman–Crippen MR) is 251 cm³/mol. The number of hydrogen-bond acceptors (Lipinski definition) is 9. The summed E-state index contributed by atoms with van der Waals surface area (Å²) in [5, 5.41) is 19.2. The summed E-state index contributed by atoms with van der Waals surface area (Å²) in [6, 6.07) is 0. The number of aliphatic hydroxyl groups is 2. The maximum atomic E-state index is 12.4. The maximum absolute atomic E-state index is 12.4. The van der Waals surface area contributed by atoms with Gasteiger partial charge in [0.05, 0.1) is 26.4 Å². The van der Waals surface area contributed by atoms with Gasteiger partial charge in [-0.3, -0.25) is 18.6 Å². The molecule has 0 aliphatic rings. The van der Waals surface area contributed by atoms with Gasteiger partial charge in [0.25, 0.3) is 0 Å². The first-order valence-electron chi connectivity index (χ1n) is 24.2. The Morgan fingerprint density at radius 3 is 1.11 bits per heavy atom. The molecule has 0 bridgehead atoms. The Bertz CT molecular complexity index is 1200. The molecule has 0 aliphatic carbocycles. The third-order valence-electron chi connectivity index (χ3n) is 10.2. The van der Waals surface area contributed by atoms with Crippen LogP contribution in [0.5, 0.6) is 0 Å². The van der Waals surface area contributed by atoms with Crippen LogP contribution in [0.4, 0.5) is 0 Å². The zero-order valence-electron chi connectivity index (χ0n) is 38.6. The molecular weight excluding hydrogens is 792 g/mol. The van der Waals surface area contributed by atoms with E-state index in [0.29, 0.717) is 12.8 Å². The lowest BCUT2D eigenvalue weighted by Crippen LogP contribution is -2.28. The van der Waals surface area contributed by atoms with E-state index in [-0.39, 0.29) is 12.8 Å². The third-order valence-corrected chi connectivity index (χ3v) is 11.2. The van der Waals surface area contributed by atoms with Gasteiger partial charge in [0.15, 0.2) is 0 Å². The number of aliphatic hydroxyl groups excluding tert-OH is 2. The Hall–Kier alpha value is -2.33. The molecule has 0 amide bonds. The minimum Gasteiger partial charge on any atom is -0.457 e. The summed E-state index contributed by atoms with van der Waals surface area (Å²) in [6.07, 6.45) is 51.9. The van der Waals surface area contributed by atoms with Gasteiger partial charge in [-0.25, -0.2) is 4.57 Å². The number of ether oxygens (including phenoxy) is 2. The van der Waals surface area contributed by atoms with Gasteiger partial charge < -0.3 is 24.6 Å². The molecule has 0 aromatic carbocycles. The lowest BCUT2D eigenvalue weighted by atomic mass is 10.0. The zero-order valence-corrected chi connectivity index (χ0v) is 39.5. The van der Waals surface area contributed by atoms with E-state index in [2.05, 4.69) is 74.6 Å². The first-order valence-corrected chi connectivity index (χ1v) is 25.7. The molecule has 0 spiro atoms. The molecule has 0 heterocycles. The van der Waals surface area contributed by atoms with Crippen LogP contribution in [0.25, 0.3) is 0 Å². The second kappa shape index (κ2) is 45.7. The van der Waals surface area contributed by atoms with E-state index in [1.165, 1.54) is 96.3 Å². The highest BCUT2D eigenvalue weighted by Crippen LogP contribution is 2.43. The summed E-state index contributed by atoms with van der Waals surface area (Å²) < 4.78 is 32.6. The van der Waals surface area contributed by atoms with Crippen LogP contribution < -0.4 is 0 Å². The molecule has 10 nitrogen and oxygen atoms in total. The van der Waals surface area contributed by atoms with Crippen LogP contribution in [-0.4, -0.2) is 65.7 Å². The van der Waals surface area contributed by atoms with E-state index in [0.717, 1.165) is 70.6 Å². The van der Waals surface area contributed by atoms with Gasteiger partial charge in [-0.2, -0.15) is 0 Å². The van der Waals surface area contributed by atoms with Gasteiger partial charge >= 0.3 is 19.8 Å². The topological polar surface area (TPSA) is 149 Å². The van der Waals surface area contributed by atoms with Crippen molar-refractivity contribution >= 4 is 19.8 Å². The van der Waals surface area contributed by atoms with E-state index in [9.17, 15) is 29.3 Å². The van der Waals surface area contributed by atoms with Crippen molar-refractivity contribution in [2.75, 3.05) is 26.4 Å². The van der Waals surface area contributed by atoms with E-state index in [1.807, 2.05) is 0 Å². The summed E-state index contributed by atoms with van der Waals surface area (Å²) >= 11 is 0. The Balaban J connectivity index is 3.91. The van der Waals surface area contributed by atoms with E-state index in [1.54, 1.807) is 0 Å². The molecule has 0 rings (SSSR count). The summed E-state index contributed by atoms with van der Waals surface area (Å²) in [7, 11) is -4.65. The number of unbranched alkanes of at least 4 members (excludes halogenated alkanes) is 21. The summed E-state index contributed by atoms with van der Waals surface area (Å²) in [5.74, 6) is -1.05. The number of carbonyl (C=O) groups excluding carboxylic acids is 2. The number of esters is 2. The Morgan fingerprint density at radius 2 is 0.770 bits per heavy atom. The lowest BCUT2D eigenvalue weighted by Gasteiger charge is -2.20. The van der Waals surface area contributed by atoms with Gasteiger partial charge in [-0.15, -0.1) is 0 Å². The molecule has 3 atom stereocenters. The highest BCUT2D eigenvalue weighted by Gasteiger charge is 2.27. The Labute approximate surface area is 372 Å². The number of rotatable bonds is 45. The summed E-state index contributed by atoms with van der Waals surface area (Å²) in [4.78, 5) is 34.6. The van der Waals surface area contributed by atoms with E-state index >= 15 is 0 Å². The number of phosphoric ester groups is 1. The quantitative estimate of drug-likeness (QED) is 0.0233. The van der Waals surface area contributed by atoms with Crippen molar-refractivity contribution in [3.63, 3.8) is 0 Å². The zero-order chi connectivity index (χ0) is 44.8. The summed E-state index contributed by atoms with van der Waals surface area (Å²) in [6.45, 7) is 2.08. The van der Waals surface area contributed by atoms with Gasteiger partial charge in [-0.05, 0) is 57.8 Å². The number of allylic oxidation sites excluding steroid dienone is 10. The molecule has 3 N–H and O–H groups in total. The lowest BCUT2D eigenvalue weighted by molar-refractivity contribution is -0.153. The van der Waals surface area contributed by atoms with Crippen LogP contribution in [0.3, 0.4) is 0 Å². The normalized spacial score (nSPS) is 14.2. The highest BCUT2D eigenvalue weighted by atomic mass is 31.2. The molecular formula is C50H89O10P. The predicted octanol–water partition coefficient (Wildman–Crippen LogP) is 13.5. The van der Waals surface area contributed by atoms with Crippen molar-refractivity contribution in [2.45, 2.75) is 219 Å². The molecule has 0 aromatic rings. The van der Waals surface area contributed by atoms with Crippen molar-refractivity contribution in [3.8, 4) is 0 Å². The molecule has 354 valence electrons. The van der Waals surface area contributed by atoms with E-state index < -0.39 is 58.4 Å². The van der Waals surface area contributed by atoms with Crippen LogP contribution in [-0.2, 0) is 32.7 Å². The highest BCUT2D eigenvalue weighted by molar-refractivity contribution is 7.47. The minimum absolute atomic E-state index is 0.151. The average Bonchev–Trinajstić information content (AvgIpc) is 3.25. The number of hydrogen-bond donors (Lipinski definition) is 3. The molecule has 3 unspecified atom stereocenters. The van der Waals surface area contributed by atoms with Crippen molar-refractivity contribution in [1.29, 1.82) is 0 Å². The number of carbonyl (C=O) groups is 2. The monoisotopic (exact) mass is 881 g/mol. The Kier molecular flexibility index (Phi) is 43.9. The standard InChI is InChI=1S/C50H89O10P/c1-3-5-7-9-11-13-15-17-19-21-23-25-27-29-31-33-35-37-39-41-49(53)59-47(43-51)45-57-61(55,56)58-46-48(44-52)60-50(54)42-40-38-36-34-32-30-28-26-24-22-20-18-16-14-12-10-8-6-4-2/h5,7,11,13,17,19,23,25,29,31,47-48,51-52H,3-4,6,8-10,12,14-16,18,20-22,24,26-28,30,32-46H2,1-2H3,(H,55,56)/b7-5-,13-11-,19-17-,25-23-,31-29-. The van der Waals surface area contributed by atoms with Crippen LogP contribution in [0.1, 0.15) is 206 Å². The maximum Gasteiger partial charge on any atom is 0.472 e. The molecule has 0 radical (unpaired) electrons. The van der Waals surface area contributed by atoms with E-state index in [4.69, 9.17) is 18.5 Å². The van der Waals surface area contributed by atoms with Crippen LogP contribution in [0.15, 0.2) is 60.8 Å².